The lowest BCUT2D eigenvalue weighted by Gasteiger charge is -2.52. The molecule has 1 aliphatic carbocycles. The quantitative estimate of drug-likeness (QED) is 0.784. The molecule has 1 saturated carbocycles. The average Bonchev–Trinajstić information content (AvgIpc) is 2.83. The zero-order valence-corrected chi connectivity index (χ0v) is 13.4. The van der Waals surface area contributed by atoms with E-state index < -0.39 is 11.9 Å². The number of carboxylic acid groups (broad SMARTS) is 1. The van der Waals surface area contributed by atoms with E-state index in [1.807, 2.05) is 38.9 Å². The van der Waals surface area contributed by atoms with Crippen molar-refractivity contribution in [3.63, 3.8) is 0 Å². The van der Waals surface area contributed by atoms with Gasteiger partial charge in [0.1, 0.15) is 0 Å². The first-order valence-electron chi connectivity index (χ1n) is 7.33. The van der Waals surface area contributed by atoms with Crippen LogP contribution >= 0.6 is 0 Å². The third-order valence-corrected chi connectivity index (χ3v) is 4.51. The molecule has 1 fully saturated rings. The maximum absolute atomic E-state index is 11.3. The van der Waals surface area contributed by atoms with Gasteiger partial charge in [-0.25, -0.2) is 4.79 Å². The van der Waals surface area contributed by atoms with Gasteiger partial charge in [-0.3, -0.25) is 4.79 Å². The number of rotatable bonds is 5. The van der Waals surface area contributed by atoms with E-state index in [1.165, 1.54) is 0 Å². The SMILES string of the molecule is CN(C)Cc1cc(C[C@@H]2C[C@H](NC(=O)C(=O)O)C2(C)C)no1. The van der Waals surface area contributed by atoms with Crippen LogP contribution in [-0.2, 0) is 22.6 Å². The Hall–Kier alpha value is -1.89. The Balaban J connectivity index is 1.91. The maximum atomic E-state index is 11.3. The molecular formula is C15H23N3O4. The fourth-order valence-electron chi connectivity index (χ4n) is 2.92. The fraction of sp³-hybridized carbons (Fsp3) is 0.667. The van der Waals surface area contributed by atoms with Gasteiger partial charge in [0.2, 0.25) is 0 Å². The van der Waals surface area contributed by atoms with Crippen molar-refractivity contribution >= 4 is 11.9 Å². The van der Waals surface area contributed by atoms with Crippen molar-refractivity contribution in [1.82, 2.24) is 15.4 Å². The number of carbonyl (C=O) groups excluding carboxylic acids is 1. The molecule has 7 heteroatoms. The largest absolute Gasteiger partial charge is 0.474 e. The number of carbonyl (C=O) groups is 2. The van der Waals surface area contributed by atoms with Gasteiger partial charge in [0.25, 0.3) is 0 Å². The summed E-state index contributed by atoms with van der Waals surface area (Å²) in [6.07, 6.45) is 1.52. The van der Waals surface area contributed by atoms with Crippen LogP contribution in [0, 0.1) is 11.3 Å². The van der Waals surface area contributed by atoms with Crippen molar-refractivity contribution in [3.05, 3.63) is 17.5 Å². The number of amides is 1. The van der Waals surface area contributed by atoms with E-state index in [4.69, 9.17) is 9.63 Å². The predicted octanol–water partition coefficient (Wildman–Crippen LogP) is 0.894. The van der Waals surface area contributed by atoms with Crippen molar-refractivity contribution in [3.8, 4) is 0 Å². The summed E-state index contributed by atoms with van der Waals surface area (Å²) in [6, 6.07) is 1.84. The number of aliphatic carboxylic acids is 1. The van der Waals surface area contributed by atoms with E-state index >= 15 is 0 Å². The van der Waals surface area contributed by atoms with Crippen LogP contribution in [0.15, 0.2) is 10.6 Å². The monoisotopic (exact) mass is 309 g/mol. The van der Waals surface area contributed by atoms with E-state index in [9.17, 15) is 9.59 Å². The molecule has 122 valence electrons. The highest BCUT2D eigenvalue weighted by Gasteiger charge is 2.49. The number of carboxylic acids is 1. The highest BCUT2D eigenvalue weighted by atomic mass is 16.5. The summed E-state index contributed by atoms with van der Waals surface area (Å²) >= 11 is 0. The van der Waals surface area contributed by atoms with Crippen LogP contribution in [0.4, 0.5) is 0 Å². The van der Waals surface area contributed by atoms with E-state index in [1.54, 1.807) is 0 Å². The van der Waals surface area contributed by atoms with Crippen LogP contribution in [0.2, 0.25) is 0 Å². The molecule has 1 aromatic rings. The molecule has 0 bridgehead atoms. The van der Waals surface area contributed by atoms with Gasteiger partial charge in [-0.1, -0.05) is 19.0 Å². The third-order valence-electron chi connectivity index (χ3n) is 4.51. The molecule has 0 saturated heterocycles. The van der Waals surface area contributed by atoms with Gasteiger partial charge in [-0.15, -0.1) is 0 Å². The lowest BCUT2D eigenvalue weighted by molar-refractivity contribution is -0.152. The van der Waals surface area contributed by atoms with Gasteiger partial charge in [-0.05, 0) is 38.3 Å². The Bertz CT molecular complexity index is 565. The Morgan fingerprint density at radius 1 is 1.50 bits per heavy atom. The Kier molecular flexibility index (Phi) is 4.55. The molecule has 2 atom stereocenters. The molecule has 0 unspecified atom stereocenters. The molecule has 0 spiro atoms. The molecule has 2 rings (SSSR count). The lowest BCUT2D eigenvalue weighted by Crippen LogP contribution is -2.59. The number of hydrogen-bond donors (Lipinski definition) is 2. The van der Waals surface area contributed by atoms with Gasteiger partial charge in [0.05, 0.1) is 12.2 Å². The van der Waals surface area contributed by atoms with Gasteiger partial charge < -0.3 is 19.8 Å². The van der Waals surface area contributed by atoms with Crippen molar-refractivity contribution in [1.29, 1.82) is 0 Å². The minimum atomic E-state index is -1.44. The molecule has 1 heterocycles. The van der Waals surface area contributed by atoms with Crippen LogP contribution in [0.25, 0.3) is 0 Å². The summed E-state index contributed by atoms with van der Waals surface area (Å²) in [4.78, 5) is 23.9. The third kappa shape index (κ3) is 3.47. The van der Waals surface area contributed by atoms with Crippen LogP contribution in [0.3, 0.4) is 0 Å². The van der Waals surface area contributed by atoms with Gasteiger partial charge in [0, 0.05) is 12.1 Å². The smallest absolute Gasteiger partial charge is 0.394 e. The first-order chi connectivity index (χ1) is 10.2. The van der Waals surface area contributed by atoms with Crippen molar-refractivity contribution in [2.75, 3.05) is 14.1 Å². The second kappa shape index (κ2) is 6.08. The first-order valence-corrected chi connectivity index (χ1v) is 7.33. The van der Waals surface area contributed by atoms with Crippen molar-refractivity contribution in [2.45, 2.75) is 39.3 Å². The normalized spacial score (nSPS) is 23.1. The van der Waals surface area contributed by atoms with Crippen LogP contribution < -0.4 is 5.32 Å². The molecule has 1 aliphatic rings. The minimum Gasteiger partial charge on any atom is -0.474 e. The van der Waals surface area contributed by atoms with Gasteiger partial charge in [0.15, 0.2) is 5.76 Å². The molecular weight excluding hydrogens is 286 g/mol. The molecule has 0 radical (unpaired) electrons. The fourth-order valence-corrected chi connectivity index (χ4v) is 2.92. The van der Waals surface area contributed by atoms with Crippen LogP contribution in [0.5, 0.6) is 0 Å². The van der Waals surface area contributed by atoms with Crippen LogP contribution in [0.1, 0.15) is 31.7 Å². The van der Waals surface area contributed by atoms with Crippen molar-refractivity contribution < 1.29 is 19.2 Å². The molecule has 1 amide bonds. The molecule has 7 nitrogen and oxygen atoms in total. The molecule has 0 aliphatic heterocycles. The number of hydrogen-bond acceptors (Lipinski definition) is 5. The molecule has 1 aromatic heterocycles. The van der Waals surface area contributed by atoms with E-state index in [0.29, 0.717) is 12.5 Å². The van der Waals surface area contributed by atoms with Gasteiger partial charge in [-0.2, -0.15) is 0 Å². The van der Waals surface area contributed by atoms with Crippen LogP contribution in [-0.4, -0.2) is 47.2 Å². The van der Waals surface area contributed by atoms with Gasteiger partial charge >= 0.3 is 11.9 Å². The molecule has 22 heavy (non-hydrogen) atoms. The summed E-state index contributed by atoms with van der Waals surface area (Å²) in [5.74, 6) is -1.22. The average molecular weight is 309 g/mol. The Morgan fingerprint density at radius 3 is 2.73 bits per heavy atom. The summed E-state index contributed by atoms with van der Waals surface area (Å²) < 4.78 is 5.30. The predicted molar refractivity (Wildman–Crippen MR) is 79.1 cm³/mol. The number of nitrogens with zero attached hydrogens (tertiary/aromatic N) is 2. The highest BCUT2D eigenvalue weighted by Crippen LogP contribution is 2.47. The number of nitrogens with one attached hydrogen (secondary N) is 1. The zero-order valence-electron chi connectivity index (χ0n) is 13.4. The van der Waals surface area contributed by atoms with E-state index in [0.717, 1.165) is 24.3 Å². The summed E-state index contributed by atoms with van der Waals surface area (Å²) in [5.41, 5.74) is 0.740. The summed E-state index contributed by atoms with van der Waals surface area (Å²) in [7, 11) is 3.93. The van der Waals surface area contributed by atoms with Crippen molar-refractivity contribution in [2.24, 2.45) is 11.3 Å². The molecule has 2 N–H and O–H groups in total. The summed E-state index contributed by atoms with van der Waals surface area (Å²) in [5, 5.41) is 15.3. The maximum Gasteiger partial charge on any atom is 0.394 e. The Morgan fingerprint density at radius 2 is 2.18 bits per heavy atom. The zero-order chi connectivity index (χ0) is 16.5. The lowest BCUT2D eigenvalue weighted by atomic mass is 9.57. The molecule has 0 aromatic carbocycles. The van der Waals surface area contributed by atoms with E-state index in [-0.39, 0.29) is 11.5 Å². The Labute approximate surface area is 129 Å². The summed E-state index contributed by atoms with van der Waals surface area (Å²) in [6.45, 7) is 4.78. The minimum absolute atomic E-state index is 0.116. The topological polar surface area (TPSA) is 95.7 Å². The first kappa shape index (κ1) is 16.5. The number of aromatic nitrogens is 1. The standard InChI is InChI=1S/C15H23N3O4/c1-15(2)9(6-12(15)16-13(19)14(20)21)5-10-7-11(22-17-10)8-18(3)4/h7,9,12H,5-6,8H2,1-4H3,(H,16,19)(H,20,21)/t9-,12+/m1/s1. The second-order valence-electron chi connectivity index (χ2n) is 6.81. The second-order valence-corrected chi connectivity index (χ2v) is 6.81. The highest BCUT2D eigenvalue weighted by molar-refractivity contribution is 6.31. The van der Waals surface area contributed by atoms with E-state index in [2.05, 4.69) is 10.5 Å².